The molecule has 2 amide bonds. The number of carbonyl (C=O) groups excluding carboxylic acids is 2. The molecule has 125 heavy (non-hydrogen) atoms. The van der Waals surface area contributed by atoms with Gasteiger partial charge in [-0.2, -0.15) is 0 Å². The Kier molecular flexibility index (Phi) is 79.3. The summed E-state index contributed by atoms with van der Waals surface area (Å²) < 4.78 is 33.9. The SMILES string of the molecule is CCCCCCCCCCCCC/C=C/[C@@H](O)[C@H](CO[C@@H]1OC(CO)[C@@H](O[C@@H]2OC(CO)[C@H](O)[C@H](O)C2O)[C@H](O)C1O)NC(=O)CCCCCCCCCCCCCCCCCCCCC.CCCCCCCCCCCCC/C=C/[C@@H](O)[C@H](CO[C@@H]1O[C@H](CO)[C@@H](O)C(O)C1O)NC(=O)CCCCCCCCCCCCCCCCCCCCCCCCC. The molecule has 0 aliphatic carbocycles. The molecule has 6 unspecified atom stereocenters. The van der Waals surface area contributed by atoms with Crippen molar-refractivity contribution >= 4 is 11.8 Å². The van der Waals surface area contributed by atoms with Crippen LogP contribution >= 0.6 is 0 Å². The predicted octanol–water partition coefficient (Wildman–Crippen LogP) is 18.8. The number of aliphatic hydroxyl groups excluding tert-OH is 13. The van der Waals surface area contributed by atoms with E-state index in [9.17, 15) is 76.0 Å². The van der Waals surface area contributed by atoms with Crippen LogP contribution in [0.5, 0.6) is 0 Å². The van der Waals surface area contributed by atoms with Crippen molar-refractivity contribution in [2.24, 2.45) is 0 Å². The lowest BCUT2D eigenvalue weighted by Crippen LogP contribution is -2.65. The average Bonchev–Trinajstić information content (AvgIpc) is 0.793. The highest BCUT2D eigenvalue weighted by atomic mass is 16.7. The first kappa shape index (κ1) is 119. The summed E-state index contributed by atoms with van der Waals surface area (Å²) in [6.07, 6.45) is 66.6. The lowest BCUT2D eigenvalue weighted by molar-refractivity contribution is -0.359. The van der Waals surface area contributed by atoms with Crippen LogP contribution in [-0.2, 0) is 38.0 Å². The van der Waals surface area contributed by atoms with E-state index in [0.717, 1.165) is 77.0 Å². The number of aliphatic hydroxyl groups is 13. The number of hydrogen-bond acceptors (Lipinski definition) is 21. The fourth-order valence-electron chi connectivity index (χ4n) is 17.3. The Hall–Kier alpha value is -2.34. The van der Waals surface area contributed by atoms with Crippen LogP contribution in [-0.4, -0.2) is 228 Å². The van der Waals surface area contributed by atoms with Crippen LogP contribution in [0.15, 0.2) is 24.3 Å². The van der Waals surface area contributed by atoms with Gasteiger partial charge < -0.3 is 105 Å². The number of allylic oxidation sites excluding steroid dienone is 2. The highest BCUT2D eigenvalue weighted by Crippen LogP contribution is 2.32. The molecule has 0 radical (unpaired) electrons. The Bertz CT molecular complexity index is 2420. The third-order valence-corrected chi connectivity index (χ3v) is 25.8. The van der Waals surface area contributed by atoms with E-state index in [0.29, 0.717) is 12.8 Å². The normalized spacial score (nSPS) is 23.9. The molecule has 0 aromatic heterocycles. The van der Waals surface area contributed by atoms with Crippen LogP contribution in [0, 0.1) is 0 Å². The molecule has 0 aromatic carbocycles. The summed E-state index contributed by atoms with van der Waals surface area (Å²) in [6, 6.07) is -1.71. The highest BCUT2D eigenvalue weighted by Gasteiger charge is 2.51. The predicted molar refractivity (Wildman–Crippen MR) is 503 cm³/mol. The summed E-state index contributed by atoms with van der Waals surface area (Å²) in [6.45, 7) is 6.59. The molecule has 3 aliphatic rings. The number of unbranched alkanes of at least 4 members (excludes halogenated alkanes) is 62. The van der Waals surface area contributed by atoms with E-state index in [4.69, 9.17) is 28.4 Å². The summed E-state index contributed by atoms with van der Waals surface area (Å²) in [5.74, 6) is -0.409. The molecule has 0 saturated carbocycles. The molecule has 19 atom stereocenters. The first-order valence-corrected chi connectivity index (χ1v) is 52.3. The minimum atomic E-state index is -1.78. The van der Waals surface area contributed by atoms with Gasteiger partial charge >= 0.3 is 0 Å². The van der Waals surface area contributed by atoms with Crippen molar-refractivity contribution in [3.05, 3.63) is 24.3 Å². The molecular weight excluding hydrogens is 1590 g/mol. The summed E-state index contributed by atoms with van der Waals surface area (Å²) in [7, 11) is 0. The molecule has 3 fully saturated rings. The van der Waals surface area contributed by atoms with Crippen LogP contribution in [0.3, 0.4) is 0 Å². The van der Waals surface area contributed by atoms with Crippen molar-refractivity contribution in [2.45, 2.75) is 581 Å². The zero-order valence-electron chi connectivity index (χ0n) is 80.0. The van der Waals surface area contributed by atoms with Gasteiger partial charge in [-0.25, -0.2) is 0 Å². The van der Waals surface area contributed by atoms with E-state index in [-0.39, 0.29) is 31.4 Å². The number of nitrogens with one attached hydrogen (secondary N) is 2. The van der Waals surface area contributed by atoms with Crippen molar-refractivity contribution in [2.75, 3.05) is 33.0 Å². The second-order valence-corrected chi connectivity index (χ2v) is 37.3. The second-order valence-electron chi connectivity index (χ2n) is 37.3. The van der Waals surface area contributed by atoms with Gasteiger partial charge in [0.15, 0.2) is 18.9 Å². The fourth-order valence-corrected chi connectivity index (χ4v) is 17.3. The maximum Gasteiger partial charge on any atom is 0.220 e. The summed E-state index contributed by atoms with van der Waals surface area (Å²) in [4.78, 5) is 26.2. The van der Waals surface area contributed by atoms with Gasteiger partial charge in [0, 0.05) is 12.8 Å². The molecule has 3 aliphatic heterocycles. The first-order valence-electron chi connectivity index (χ1n) is 52.3. The van der Waals surface area contributed by atoms with Gasteiger partial charge in [0.2, 0.25) is 11.8 Å². The number of rotatable bonds is 85. The number of carbonyl (C=O) groups is 2. The molecular formula is C102H196N2O21. The van der Waals surface area contributed by atoms with Crippen molar-refractivity contribution in [1.82, 2.24) is 10.6 Å². The van der Waals surface area contributed by atoms with Crippen molar-refractivity contribution in [1.29, 1.82) is 0 Å². The molecule has 740 valence electrons. The molecule has 15 N–H and O–H groups in total. The average molecular weight is 1790 g/mol. The van der Waals surface area contributed by atoms with Gasteiger partial charge in [-0.05, 0) is 38.5 Å². The zero-order valence-corrected chi connectivity index (χ0v) is 80.0. The smallest absolute Gasteiger partial charge is 0.220 e. The standard InChI is InChI=1S/C52H99NO13.C50H97NO8/c1-3-5-7-9-11-13-15-17-18-19-20-21-22-24-26-28-30-32-34-36-44(57)53-40(41(56)35-33-31-29-27-25-23-16-14-12-10-8-6-4-2)39-63-51-49(62)47(60)50(43(38-55)65-51)66-52-48(61)46(59)45(58)42(37-54)64-52;1-3-5-7-9-11-13-15-17-18-19-20-21-22-23-24-25-26-28-30-32-34-36-38-40-46(54)51-43(42-58-50-49(57)48(56)47(55)45(41-52)59-50)44(53)39-37-35-33-31-29-27-16-14-12-10-8-6-4-2/h33,35,40-43,45-52,54-56,58-62H,3-32,34,36-39H2,1-2H3,(H,53,57);37,39,43-45,47-50,52-53,55-57H,3-36,38,40-42H2,1-2H3,(H,51,54)/b35-33+;39-37+/t40-,41+,42?,43?,45-,46-,47+,48?,49?,50+,51+,52-;43-,44+,45+,47+,48?,49?,50+/m00/s1. The van der Waals surface area contributed by atoms with Crippen LogP contribution < -0.4 is 10.6 Å². The van der Waals surface area contributed by atoms with Gasteiger partial charge in [-0.3, -0.25) is 9.59 Å². The molecule has 23 heteroatoms. The Balaban J connectivity index is 0.000000852. The van der Waals surface area contributed by atoms with E-state index >= 15 is 0 Å². The topological polar surface area (TPSA) is 377 Å². The molecule has 3 heterocycles. The third-order valence-electron chi connectivity index (χ3n) is 25.8. The Morgan fingerprint density at radius 3 is 0.752 bits per heavy atom. The molecule has 23 nitrogen and oxygen atoms in total. The van der Waals surface area contributed by atoms with Gasteiger partial charge in [-0.1, -0.05) is 437 Å². The Morgan fingerprint density at radius 2 is 0.496 bits per heavy atom. The molecule has 0 spiro atoms. The maximum absolute atomic E-state index is 13.2. The van der Waals surface area contributed by atoms with Gasteiger partial charge in [0.25, 0.3) is 0 Å². The number of amides is 2. The Morgan fingerprint density at radius 1 is 0.280 bits per heavy atom. The quantitative estimate of drug-likeness (QED) is 0.0199. The third kappa shape index (κ3) is 60.5. The minimum Gasteiger partial charge on any atom is -0.394 e. The monoisotopic (exact) mass is 1790 g/mol. The van der Waals surface area contributed by atoms with Crippen molar-refractivity contribution in [3.63, 3.8) is 0 Å². The summed E-state index contributed by atoms with van der Waals surface area (Å²) in [5, 5.41) is 141. The molecule has 3 rings (SSSR count). The molecule has 0 aromatic rings. The zero-order chi connectivity index (χ0) is 91.2. The van der Waals surface area contributed by atoms with E-state index in [1.807, 2.05) is 12.2 Å². The van der Waals surface area contributed by atoms with Crippen LogP contribution in [0.4, 0.5) is 0 Å². The largest absolute Gasteiger partial charge is 0.394 e. The highest BCUT2D eigenvalue weighted by molar-refractivity contribution is 5.76. The summed E-state index contributed by atoms with van der Waals surface area (Å²) >= 11 is 0. The van der Waals surface area contributed by atoms with Crippen molar-refractivity contribution < 1.29 is 104 Å². The van der Waals surface area contributed by atoms with E-state index in [2.05, 4.69) is 38.3 Å². The fraction of sp³-hybridized carbons (Fsp3) is 0.941. The van der Waals surface area contributed by atoms with Crippen molar-refractivity contribution in [3.8, 4) is 0 Å². The van der Waals surface area contributed by atoms with Gasteiger partial charge in [-0.15, -0.1) is 0 Å². The summed E-state index contributed by atoms with van der Waals surface area (Å²) in [5.41, 5.74) is 0. The molecule has 3 saturated heterocycles. The van der Waals surface area contributed by atoms with E-state index < -0.39 is 136 Å². The number of ether oxygens (including phenoxy) is 6. The van der Waals surface area contributed by atoms with Crippen LogP contribution in [0.25, 0.3) is 0 Å². The lowest BCUT2D eigenvalue weighted by Gasteiger charge is -2.46. The Labute approximate surface area is 761 Å². The van der Waals surface area contributed by atoms with Gasteiger partial charge in [0.05, 0.1) is 57.3 Å². The number of hydrogen-bond donors (Lipinski definition) is 15. The minimum absolute atomic E-state index is 0.172. The van der Waals surface area contributed by atoms with Crippen LogP contribution in [0.2, 0.25) is 0 Å². The van der Waals surface area contributed by atoms with E-state index in [1.165, 1.54) is 340 Å². The second kappa shape index (κ2) is 83.5. The molecule has 0 bridgehead atoms. The van der Waals surface area contributed by atoms with Gasteiger partial charge in [0.1, 0.15) is 73.2 Å². The van der Waals surface area contributed by atoms with E-state index in [1.54, 1.807) is 12.2 Å². The lowest BCUT2D eigenvalue weighted by atomic mass is 9.97. The maximum atomic E-state index is 13.2. The first-order chi connectivity index (χ1) is 60.9. The van der Waals surface area contributed by atoms with Crippen LogP contribution in [0.1, 0.15) is 464 Å².